The maximum atomic E-state index is 11.7. The number of carboxylic acids is 1. The van der Waals surface area contributed by atoms with Crippen molar-refractivity contribution in [1.29, 1.82) is 0 Å². The normalized spacial score (nSPS) is 17.8. The quantitative estimate of drug-likeness (QED) is 0.739. The molecule has 0 aromatic rings. The Morgan fingerprint density at radius 1 is 1.31 bits per heavy atom. The van der Waals surface area contributed by atoms with E-state index in [0.717, 1.165) is 4.90 Å². The molecule has 5 nitrogen and oxygen atoms in total. The molecule has 6 heteroatoms. The average Bonchev–Trinajstić information content (AvgIpc) is 2.23. The summed E-state index contributed by atoms with van der Waals surface area (Å²) in [5, 5.41) is 9.26. The lowest BCUT2D eigenvalue weighted by molar-refractivity contribution is -0.165. The molecule has 1 N–H and O–H groups in total. The molecule has 1 heterocycles. The van der Waals surface area contributed by atoms with Crippen LogP contribution in [0.15, 0.2) is 0 Å². The maximum Gasteiger partial charge on any atom is 0.330 e. The fourth-order valence-corrected chi connectivity index (χ4v) is 2.65. The Balaban J connectivity index is 3.14. The highest BCUT2D eigenvalue weighted by molar-refractivity contribution is 8.00. The van der Waals surface area contributed by atoms with Gasteiger partial charge in [0.15, 0.2) is 0 Å². The van der Waals surface area contributed by atoms with Gasteiger partial charge < -0.3 is 5.11 Å². The van der Waals surface area contributed by atoms with E-state index in [9.17, 15) is 19.5 Å². The van der Waals surface area contributed by atoms with Crippen molar-refractivity contribution in [2.24, 2.45) is 0 Å². The summed E-state index contributed by atoms with van der Waals surface area (Å²) in [6.07, 6.45) is 0.474. The summed E-state index contributed by atoms with van der Waals surface area (Å²) in [6, 6.07) is 0. The Bertz CT molecular complexity index is 309. The van der Waals surface area contributed by atoms with E-state index >= 15 is 0 Å². The molecule has 1 rings (SSSR count). The largest absolute Gasteiger partial charge is 0.479 e. The van der Waals surface area contributed by atoms with Gasteiger partial charge in [0.25, 0.3) is 0 Å². The van der Waals surface area contributed by atoms with Crippen LogP contribution >= 0.6 is 11.8 Å². The number of hydrogen-bond acceptors (Lipinski definition) is 4. The summed E-state index contributed by atoms with van der Waals surface area (Å²) in [7, 11) is 0. The van der Waals surface area contributed by atoms with Crippen LogP contribution in [0.5, 0.6) is 0 Å². The standard InChI is InChI=1S/C10H15NO4S/c1-3-10(4-2,9(14)15)11-7(12)5-16-6-8(11)13/h3-6H2,1-2H3,(H,14,15). The van der Waals surface area contributed by atoms with E-state index in [1.54, 1.807) is 13.8 Å². The fraction of sp³-hybridized carbons (Fsp3) is 0.700. The Hall–Kier alpha value is -1.04. The summed E-state index contributed by atoms with van der Waals surface area (Å²) in [5.74, 6) is -1.53. The summed E-state index contributed by atoms with van der Waals surface area (Å²) >= 11 is 1.23. The first kappa shape index (κ1) is 13.0. The van der Waals surface area contributed by atoms with Crippen LogP contribution in [0.25, 0.3) is 0 Å². The molecule has 0 spiro atoms. The van der Waals surface area contributed by atoms with Crippen molar-refractivity contribution in [3.63, 3.8) is 0 Å². The number of carboxylic acid groups (broad SMARTS) is 1. The smallest absolute Gasteiger partial charge is 0.330 e. The second-order valence-electron chi connectivity index (χ2n) is 3.66. The van der Waals surface area contributed by atoms with E-state index in [-0.39, 0.29) is 24.3 Å². The first-order chi connectivity index (χ1) is 7.49. The van der Waals surface area contributed by atoms with Gasteiger partial charge in [-0.25, -0.2) is 4.79 Å². The Morgan fingerprint density at radius 3 is 2.06 bits per heavy atom. The molecule has 1 aliphatic rings. The maximum absolute atomic E-state index is 11.7. The molecule has 0 bridgehead atoms. The Labute approximate surface area is 98.2 Å². The predicted octanol–water partition coefficient (Wildman–Crippen LogP) is 0.732. The lowest BCUT2D eigenvalue weighted by atomic mass is 9.90. The molecule has 90 valence electrons. The third-order valence-corrected chi connectivity index (χ3v) is 3.85. The number of aliphatic carboxylic acids is 1. The van der Waals surface area contributed by atoms with Crippen molar-refractivity contribution >= 4 is 29.5 Å². The molecule has 0 radical (unpaired) electrons. The number of carbonyl (C=O) groups excluding carboxylic acids is 2. The molecule has 0 aliphatic carbocycles. The van der Waals surface area contributed by atoms with Gasteiger partial charge in [0.2, 0.25) is 11.8 Å². The van der Waals surface area contributed by atoms with Crippen LogP contribution in [-0.2, 0) is 14.4 Å². The molecule has 2 amide bonds. The number of rotatable bonds is 4. The van der Waals surface area contributed by atoms with Gasteiger partial charge >= 0.3 is 5.97 Å². The highest BCUT2D eigenvalue weighted by Gasteiger charge is 2.48. The number of nitrogens with zero attached hydrogens (tertiary/aromatic N) is 1. The molecule has 0 saturated carbocycles. The van der Waals surface area contributed by atoms with E-state index in [1.807, 2.05) is 0 Å². The number of thioether (sulfide) groups is 1. The minimum Gasteiger partial charge on any atom is -0.479 e. The van der Waals surface area contributed by atoms with Crippen LogP contribution in [0.2, 0.25) is 0 Å². The molecule has 1 fully saturated rings. The van der Waals surface area contributed by atoms with Gasteiger partial charge in [-0.2, -0.15) is 0 Å². The molecule has 1 saturated heterocycles. The second-order valence-corrected chi connectivity index (χ2v) is 4.65. The summed E-state index contributed by atoms with van der Waals surface area (Å²) in [4.78, 5) is 35.7. The number of amides is 2. The third kappa shape index (κ3) is 1.93. The van der Waals surface area contributed by atoms with Crippen LogP contribution in [0, 0.1) is 0 Å². The summed E-state index contributed by atoms with van der Waals surface area (Å²) in [5.41, 5.74) is -1.37. The highest BCUT2D eigenvalue weighted by Crippen LogP contribution is 2.28. The molecule has 0 atom stereocenters. The summed E-state index contributed by atoms with van der Waals surface area (Å²) in [6.45, 7) is 3.36. The van der Waals surface area contributed by atoms with Crippen LogP contribution in [0.1, 0.15) is 26.7 Å². The first-order valence-electron chi connectivity index (χ1n) is 5.16. The van der Waals surface area contributed by atoms with Gasteiger partial charge in [-0.1, -0.05) is 13.8 Å². The third-order valence-electron chi connectivity index (χ3n) is 2.95. The lowest BCUT2D eigenvalue weighted by Crippen LogP contribution is -2.61. The number of imide groups is 1. The van der Waals surface area contributed by atoms with E-state index in [1.165, 1.54) is 11.8 Å². The molecular formula is C10H15NO4S. The van der Waals surface area contributed by atoms with Gasteiger partial charge in [-0.3, -0.25) is 14.5 Å². The zero-order chi connectivity index (χ0) is 12.3. The zero-order valence-electron chi connectivity index (χ0n) is 9.36. The highest BCUT2D eigenvalue weighted by atomic mass is 32.2. The van der Waals surface area contributed by atoms with E-state index in [4.69, 9.17) is 0 Å². The van der Waals surface area contributed by atoms with E-state index in [2.05, 4.69) is 0 Å². The molecule has 16 heavy (non-hydrogen) atoms. The lowest BCUT2D eigenvalue weighted by Gasteiger charge is -2.39. The van der Waals surface area contributed by atoms with Crippen LogP contribution < -0.4 is 0 Å². The van der Waals surface area contributed by atoms with Crippen molar-refractivity contribution in [2.75, 3.05) is 11.5 Å². The zero-order valence-corrected chi connectivity index (χ0v) is 10.2. The van der Waals surface area contributed by atoms with Crippen molar-refractivity contribution in [1.82, 2.24) is 4.90 Å². The van der Waals surface area contributed by atoms with Gasteiger partial charge in [-0.15, -0.1) is 11.8 Å². The molecule has 0 unspecified atom stereocenters. The Kier molecular flexibility index (Phi) is 3.96. The van der Waals surface area contributed by atoms with Crippen LogP contribution in [-0.4, -0.2) is 44.8 Å². The topological polar surface area (TPSA) is 74.7 Å². The van der Waals surface area contributed by atoms with E-state index in [0.29, 0.717) is 0 Å². The number of carbonyl (C=O) groups is 3. The molecular weight excluding hydrogens is 230 g/mol. The predicted molar refractivity (Wildman–Crippen MR) is 60.1 cm³/mol. The van der Waals surface area contributed by atoms with Crippen molar-refractivity contribution in [3.05, 3.63) is 0 Å². The monoisotopic (exact) mass is 245 g/mol. The molecule has 1 aliphatic heterocycles. The van der Waals surface area contributed by atoms with Gasteiger partial charge in [-0.05, 0) is 12.8 Å². The van der Waals surface area contributed by atoms with Crippen molar-refractivity contribution in [3.8, 4) is 0 Å². The first-order valence-corrected chi connectivity index (χ1v) is 6.32. The SMILES string of the molecule is CCC(CC)(C(=O)O)N1C(=O)CSCC1=O. The Morgan fingerprint density at radius 2 is 1.75 bits per heavy atom. The van der Waals surface area contributed by atoms with Crippen molar-refractivity contribution < 1.29 is 19.5 Å². The minimum absolute atomic E-state index is 0.181. The van der Waals surface area contributed by atoms with Crippen molar-refractivity contribution in [2.45, 2.75) is 32.2 Å². The van der Waals surface area contributed by atoms with Gasteiger partial charge in [0.1, 0.15) is 5.54 Å². The van der Waals surface area contributed by atoms with Gasteiger partial charge in [0, 0.05) is 0 Å². The average molecular weight is 245 g/mol. The van der Waals surface area contributed by atoms with E-state index < -0.39 is 23.3 Å². The molecule has 0 aromatic heterocycles. The minimum atomic E-state index is -1.37. The van der Waals surface area contributed by atoms with Crippen LogP contribution in [0.3, 0.4) is 0 Å². The second kappa shape index (κ2) is 4.86. The van der Waals surface area contributed by atoms with Crippen LogP contribution in [0.4, 0.5) is 0 Å². The van der Waals surface area contributed by atoms with Gasteiger partial charge in [0.05, 0.1) is 11.5 Å². The molecule has 0 aromatic carbocycles. The fourth-order valence-electron chi connectivity index (χ4n) is 1.94. The number of hydrogen-bond donors (Lipinski definition) is 1. The summed E-state index contributed by atoms with van der Waals surface area (Å²) < 4.78 is 0.